The van der Waals surface area contributed by atoms with Gasteiger partial charge in [-0.3, -0.25) is 0 Å². The molecule has 1 aromatic rings. The lowest BCUT2D eigenvalue weighted by molar-refractivity contribution is 0.00994. The van der Waals surface area contributed by atoms with Crippen molar-refractivity contribution in [1.29, 1.82) is 0 Å². The van der Waals surface area contributed by atoms with Gasteiger partial charge in [-0.1, -0.05) is 6.07 Å². The normalized spacial score (nSPS) is 20.8. The van der Waals surface area contributed by atoms with Gasteiger partial charge in [0.25, 0.3) is 0 Å². The van der Waals surface area contributed by atoms with Crippen LogP contribution in [0.25, 0.3) is 0 Å². The summed E-state index contributed by atoms with van der Waals surface area (Å²) in [5.74, 6) is 0. The zero-order valence-corrected chi connectivity index (χ0v) is 12.1. The highest BCUT2D eigenvalue weighted by molar-refractivity contribution is 7.10. The maximum atomic E-state index is 12.2. The van der Waals surface area contributed by atoms with Gasteiger partial charge < -0.3 is 9.64 Å². The average molecular weight is 267 g/mol. The molecule has 2 rings (SSSR count). The zero-order valence-electron chi connectivity index (χ0n) is 11.3. The molecule has 1 aliphatic rings. The maximum absolute atomic E-state index is 12.2. The number of carbonyl (C=O) groups excluding carboxylic acids is 1. The topological polar surface area (TPSA) is 29.5 Å². The lowest BCUT2D eigenvalue weighted by Gasteiger charge is -2.36. The molecule has 2 heterocycles. The molecule has 1 aliphatic heterocycles. The van der Waals surface area contributed by atoms with Crippen molar-refractivity contribution in [3.8, 4) is 0 Å². The van der Waals surface area contributed by atoms with Crippen LogP contribution in [0.5, 0.6) is 0 Å². The van der Waals surface area contributed by atoms with Crippen LogP contribution in [-0.4, -0.2) is 23.1 Å². The van der Waals surface area contributed by atoms with Gasteiger partial charge in [-0.2, -0.15) is 0 Å². The average Bonchev–Trinajstić information content (AvgIpc) is 2.80. The van der Waals surface area contributed by atoms with Crippen molar-refractivity contribution in [2.45, 2.75) is 51.7 Å². The van der Waals surface area contributed by atoms with Gasteiger partial charge in [-0.15, -0.1) is 11.3 Å². The molecule has 0 spiro atoms. The maximum Gasteiger partial charge on any atom is 0.410 e. The Kier molecular flexibility index (Phi) is 3.95. The summed E-state index contributed by atoms with van der Waals surface area (Å²) in [7, 11) is 0. The van der Waals surface area contributed by atoms with Crippen LogP contribution < -0.4 is 0 Å². The molecule has 1 saturated heterocycles. The number of ether oxygens (including phenoxy) is 1. The van der Waals surface area contributed by atoms with Crippen LogP contribution in [0.4, 0.5) is 4.79 Å². The van der Waals surface area contributed by atoms with E-state index in [2.05, 4.69) is 11.4 Å². The summed E-state index contributed by atoms with van der Waals surface area (Å²) >= 11 is 1.72. The van der Waals surface area contributed by atoms with E-state index in [9.17, 15) is 4.79 Å². The molecule has 4 heteroatoms. The number of amides is 1. The molecule has 0 aliphatic carbocycles. The molecule has 100 valence electrons. The number of hydrogen-bond donors (Lipinski definition) is 0. The first kappa shape index (κ1) is 13.4. The molecule has 18 heavy (non-hydrogen) atoms. The van der Waals surface area contributed by atoms with Crippen LogP contribution in [0.2, 0.25) is 0 Å². The van der Waals surface area contributed by atoms with Crippen LogP contribution in [0, 0.1) is 0 Å². The molecule has 0 N–H and O–H groups in total. The molecular formula is C14H21NO2S. The first-order valence-corrected chi connectivity index (χ1v) is 7.38. The Labute approximate surface area is 113 Å². The summed E-state index contributed by atoms with van der Waals surface area (Å²) in [6.07, 6.45) is 3.11. The second-order valence-corrected chi connectivity index (χ2v) is 6.68. The van der Waals surface area contributed by atoms with Gasteiger partial charge in [-0.05, 0) is 51.5 Å². The highest BCUT2D eigenvalue weighted by Gasteiger charge is 2.31. The van der Waals surface area contributed by atoms with E-state index >= 15 is 0 Å². The predicted molar refractivity (Wildman–Crippen MR) is 73.9 cm³/mol. The number of piperidine rings is 1. The van der Waals surface area contributed by atoms with E-state index in [1.807, 2.05) is 31.7 Å². The number of thiophene rings is 1. The first-order chi connectivity index (χ1) is 8.47. The van der Waals surface area contributed by atoms with Crippen molar-refractivity contribution in [1.82, 2.24) is 4.90 Å². The Hall–Kier alpha value is -1.03. The monoisotopic (exact) mass is 267 g/mol. The van der Waals surface area contributed by atoms with Crippen LogP contribution >= 0.6 is 11.3 Å². The summed E-state index contributed by atoms with van der Waals surface area (Å²) in [6, 6.07) is 4.36. The zero-order chi connectivity index (χ0) is 13.2. The van der Waals surface area contributed by atoms with E-state index in [1.54, 1.807) is 11.3 Å². The highest BCUT2D eigenvalue weighted by Crippen LogP contribution is 2.34. The molecule has 1 fully saturated rings. The second kappa shape index (κ2) is 5.31. The van der Waals surface area contributed by atoms with E-state index in [1.165, 1.54) is 11.3 Å². The van der Waals surface area contributed by atoms with Gasteiger partial charge in [0.05, 0.1) is 6.04 Å². The van der Waals surface area contributed by atoms with Crippen LogP contribution in [0.15, 0.2) is 17.5 Å². The fourth-order valence-corrected chi connectivity index (χ4v) is 3.12. The molecule has 1 atom stereocenters. The van der Waals surface area contributed by atoms with Gasteiger partial charge >= 0.3 is 6.09 Å². The molecule has 0 unspecified atom stereocenters. The third kappa shape index (κ3) is 3.25. The van der Waals surface area contributed by atoms with Crippen LogP contribution in [-0.2, 0) is 4.74 Å². The molecule has 0 saturated carbocycles. The number of nitrogens with zero attached hydrogens (tertiary/aromatic N) is 1. The van der Waals surface area contributed by atoms with E-state index in [0.717, 1.165) is 19.4 Å². The van der Waals surface area contributed by atoms with E-state index < -0.39 is 5.60 Å². The minimum absolute atomic E-state index is 0.180. The summed E-state index contributed by atoms with van der Waals surface area (Å²) < 4.78 is 5.50. The number of hydrogen-bond acceptors (Lipinski definition) is 3. The Morgan fingerprint density at radius 3 is 2.83 bits per heavy atom. The molecule has 0 radical (unpaired) electrons. The summed E-state index contributed by atoms with van der Waals surface area (Å²) in [5, 5.41) is 2.07. The summed E-state index contributed by atoms with van der Waals surface area (Å²) in [5.41, 5.74) is -0.422. The minimum atomic E-state index is -0.422. The van der Waals surface area contributed by atoms with E-state index in [0.29, 0.717) is 0 Å². The molecule has 1 aromatic heterocycles. The summed E-state index contributed by atoms with van der Waals surface area (Å²) in [6.45, 7) is 6.54. The number of likely N-dealkylation sites (tertiary alicyclic amines) is 1. The van der Waals surface area contributed by atoms with E-state index in [-0.39, 0.29) is 12.1 Å². The first-order valence-electron chi connectivity index (χ1n) is 6.50. The Bertz CT molecular complexity index is 394. The van der Waals surface area contributed by atoms with Crippen molar-refractivity contribution < 1.29 is 9.53 Å². The molecule has 0 bridgehead atoms. The minimum Gasteiger partial charge on any atom is -0.444 e. The van der Waals surface area contributed by atoms with Crippen molar-refractivity contribution in [3.63, 3.8) is 0 Å². The number of carbonyl (C=O) groups is 1. The lowest BCUT2D eigenvalue weighted by Crippen LogP contribution is -2.41. The standard InChI is InChI=1S/C14H21NO2S/c1-14(2,3)17-13(16)15-9-5-4-7-11(15)12-8-6-10-18-12/h6,8,10-11H,4-5,7,9H2,1-3H3/t11-/m1/s1. The van der Waals surface area contributed by atoms with E-state index in [4.69, 9.17) is 4.74 Å². The van der Waals surface area contributed by atoms with Gasteiger partial charge in [0, 0.05) is 11.4 Å². The van der Waals surface area contributed by atoms with Gasteiger partial charge in [0.2, 0.25) is 0 Å². The third-order valence-corrected chi connectivity index (χ3v) is 3.98. The van der Waals surface area contributed by atoms with Gasteiger partial charge in [-0.25, -0.2) is 4.79 Å². The molecular weight excluding hydrogens is 246 g/mol. The third-order valence-electron chi connectivity index (χ3n) is 3.00. The number of rotatable bonds is 1. The fraction of sp³-hybridized carbons (Fsp3) is 0.643. The molecule has 1 amide bonds. The Morgan fingerprint density at radius 1 is 1.44 bits per heavy atom. The quantitative estimate of drug-likeness (QED) is 0.762. The van der Waals surface area contributed by atoms with Crippen LogP contribution in [0.3, 0.4) is 0 Å². The SMILES string of the molecule is CC(C)(C)OC(=O)N1CCCC[C@@H]1c1cccs1. The predicted octanol–water partition coefficient (Wildman–Crippen LogP) is 4.21. The van der Waals surface area contributed by atoms with Crippen molar-refractivity contribution in [3.05, 3.63) is 22.4 Å². The van der Waals surface area contributed by atoms with Crippen molar-refractivity contribution >= 4 is 17.4 Å². The van der Waals surface area contributed by atoms with Crippen molar-refractivity contribution in [2.24, 2.45) is 0 Å². The largest absolute Gasteiger partial charge is 0.444 e. The van der Waals surface area contributed by atoms with Crippen molar-refractivity contribution in [2.75, 3.05) is 6.54 Å². The highest BCUT2D eigenvalue weighted by atomic mass is 32.1. The van der Waals surface area contributed by atoms with Crippen LogP contribution in [0.1, 0.15) is 51.0 Å². The molecule has 0 aromatic carbocycles. The smallest absolute Gasteiger partial charge is 0.410 e. The summed E-state index contributed by atoms with van der Waals surface area (Å²) in [4.78, 5) is 15.4. The lowest BCUT2D eigenvalue weighted by atomic mass is 10.0. The van der Waals surface area contributed by atoms with Gasteiger partial charge in [0.1, 0.15) is 5.60 Å². The Morgan fingerprint density at radius 2 is 2.22 bits per heavy atom. The second-order valence-electron chi connectivity index (χ2n) is 5.70. The molecule has 3 nitrogen and oxygen atoms in total. The Balaban J connectivity index is 2.11. The fourth-order valence-electron chi connectivity index (χ4n) is 2.25. The van der Waals surface area contributed by atoms with Gasteiger partial charge in [0.15, 0.2) is 0 Å².